The molecule has 0 saturated carbocycles. The van der Waals surface area contributed by atoms with Gasteiger partial charge >= 0.3 is 0 Å². The van der Waals surface area contributed by atoms with Gasteiger partial charge in [-0.2, -0.15) is 8.78 Å². The second-order valence-corrected chi connectivity index (χ2v) is 3.23. The number of anilines is 1. The molecule has 0 bridgehead atoms. The fourth-order valence-corrected chi connectivity index (χ4v) is 1.39. The van der Waals surface area contributed by atoms with Gasteiger partial charge in [0.25, 0.3) is 5.76 Å². The van der Waals surface area contributed by atoms with Crippen LogP contribution in [0.2, 0.25) is 0 Å². The number of alkyl halides is 2. The van der Waals surface area contributed by atoms with Crippen molar-refractivity contribution in [1.82, 2.24) is 0 Å². The predicted molar refractivity (Wildman–Crippen MR) is 48.0 cm³/mol. The van der Waals surface area contributed by atoms with E-state index in [1.165, 1.54) is 6.07 Å². The van der Waals surface area contributed by atoms with Crippen LogP contribution in [0, 0.1) is 0 Å². The van der Waals surface area contributed by atoms with E-state index in [-0.39, 0.29) is 0 Å². The number of halogens is 2. The van der Waals surface area contributed by atoms with E-state index in [9.17, 15) is 13.6 Å². The topological polar surface area (TPSA) is 29.1 Å². The lowest BCUT2D eigenvalue weighted by Gasteiger charge is -2.02. The third kappa shape index (κ3) is 3.42. The third-order valence-electron chi connectivity index (χ3n) is 1.28. The van der Waals surface area contributed by atoms with Crippen LogP contribution in [0.1, 0.15) is 0 Å². The Morgan fingerprint density at radius 2 is 2.23 bits per heavy atom. The Morgan fingerprint density at radius 1 is 1.46 bits per heavy atom. The van der Waals surface area contributed by atoms with Crippen molar-refractivity contribution in [3.8, 4) is 0 Å². The number of benzene rings is 1. The molecule has 1 aromatic rings. The van der Waals surface area contributed by atoms with E-state index in [1.807, 2.05) is 0 Å². The van der Waals surface area contributed by atoms with Gasteiger partial charge in [-0.25, -0.2) is 0 Å². The van der Waals surface area contributed by atoms with Gasteiger partial charge in [0, 0.05) is 10.6 Å². The molecule has 0 aliphatic rings. The second-order valence-electron chi connectivity index (χ2n) is 2.17. The van der Waals surface area contributed by atoms with Crippen LogP contribution in [-0.2, 0) is 4.79 Å². The molecular weight excluding hydrogens is 196 g/mol. The van der Waals surface area contributed by atoms with Gasteiger partial charge in [0.1, 0.15) is 0 Å². The van der Waals surface area contributed by atoms with Crippen molar-refractivity contribution < 1.29 is 13.6 Å². The minimum atomic E-state index is -2.44. The molecule has 0 spiro atoms. The van der Waals surface area contributed by atoms with Crippen molar-refractivity contribution in [1.29, 1.82) is 0 Å². The van der Waals surface area contributed by atoms with E-state index in [1.54, 1.807) is 18.2 Å². The quantitative estimate of drug-likeness (QED) is 0.602. The Bertz CT molecular complexity index is 293. The SMILES string of the molecule is O=CNc1cccc(SC(F)F)c1. The Balaban J connectivity index is 2.72. The van der Waals surface area contributed by atoms with Gasteiger partial charge in [0.05, 0.1) is 0 Å². The van der Waals surface area contributed by atoms with Crippen molar-refractivity contribution in [3.63, 3.8) is 0 Å². The van der Waals surface area contributed by atoms with Crippen molar-refractivity contribution in [2.24, 2.45) is 0 Å². The Hall–Kier alpha value is -1.10. The lowest BCUT2D eigenvalue weighted by molar-refractivity contribution is -0.105. The van der Waals surface area contributed by atoms with Gasteiger partial charge < -0.3 is 5.32 Å². The van der Waals surface area contributed by atoms with Crippen molar-refractivity contribution in [2.75, 3.05) is 5.32 Å². The summed E-state index contributed by atoms with van der Waals surface area (Å²) >= 11 is 0.449. The Kier molecular flexibility index (Phi) is 3.70. The minimum Gasteiger partial charge on any atom is -0.329 e. The average molecular weight is 203 g/mol. The first kappa shape index (κ1) is 9.98. The van der Waals surface area contributed by atoms with Gasteiger partial charge in [0.15, 0.2) is 0 Å². The Labute approximate surface area is 78.3 Å². The zero-order chi connectivity index (χ0) is 9.68. The number of thioether (sulfide) groups is 1. The minimum absolute atomic E-state index is 0.432. The number of carbonyl (C=O) groups is 1. The van der Waals surface area contributed by atoms with Gasteiger partial charge in [-0.15, -0.1) is 0 Å². The van der Waals surface area contributed by atoms with E-state index >= 15 is 0 Å². The summed E-state index contributed by atoms with van der Waals surface area (Å²) in [6.07, 6.45) is 0.506. The van der Waals surface area contributed by atoms with Gasteiger partial charge in [-0.3, -0.25) is 4.79 Å². The lowest BCUT2D eigenvalue weighted by atomic mass is 10.3. The molecule has 0 saturated heterocycles. The molecule has 5 heteroatoms. The van der Waals surface area contributed by atoms with Crippen LogP contribution in [0.4, 0.5) is 14.5 Å². The van der Waals surface area contributed by atoms with Crippen LogP contribution < -0.4 is 5.32 Å². The smallest absolute Gasteiger partial charge is 0.288 e. The largest absolute Gasteiger partial charge is 0.329 e. The standard InChI is InChI=1S/C8H7F2NOS/c9-8(10)13-7-3-1-2-6(4-7)11-5-12/h1-5,8H,(H,11,12). The van der Waals surface area contributed by atoms with Gasteiger partial charge in [-0.1, -0.05) is 17.8 Å². The molecule has 0 atom stereocenters. The summed E-state index contributed by atoms with van der Waals surface area (Å²) in [6, 6.07) is 6.29. The summed E-state index contributed by atoms with van der Waals surface area (Å²) in [5.74, 6) is -2.44. The third-order valence-corrected chi connectivity index (χ3v) is 1.99. The molecule has 2 nitrogen and oxygen atoms in total. The number of hydrogen-bond donors (Lipinski definition) is 1. The highest BCUT2D eigenvalue weighted by Crippen LogP contribution is 2.26. The fraction of sp³-hybridized carbons (Fsp3) is 0.125. The summed E-state index contributed by atoms with van der Waals surface area (Å²) in [4.78, 5) is 10.5. The second kappa shape index (κ2) is 4.81. The maximum atomic E-state index is 11.9. The van der Waals surface area contributed by atoms with Crippen LogP contribution in [-0.4, -0.2) is 12.2 Å². The molecule has 1 N–H and O–H groups in total. The molecule has 0 aliphatic heterocycles. The number of nitrogens with one attached hydrogen (secondary N) is 1. The summed E-state index contributed by atoms with van der Waals surface area (Å²) in [6.45, 7) is 0. The summed E-state index contributed by atoms with van der Waals surface area (Å²) in [5, 5.41) is 2.38. The lowest BCUT2D eigenvalue weighted by Crippen LogP contribution is -1.93. The first-order valence-electron chi connectivity index (χ1n) is 3.47. The summed E-state index contributed by atoms with van der Waals surface area (Å²) in [7, 11) is 0. The molecule has 0 aromatic heterocycles. The maximum Gasteiger partial charge on any atom is 0.288 e. The maximum absolute atomic E-state index is 11.9. The molecule has 1 aromatic carbocycles. The molecule has 70 valence electrons. The van der Waals surface area contributed by atoms with Gasteiger partial charge in [0.2, 0.25) is 6.41 Å². The normalized spacial score (nSPS) is 10.1. The van der Waals surface area contributed by atoms with Crippen molar-refractivity contribution in [2.45, 2.75) is 10.7 Å². The van der Waals surface area contributed by atoms with E-state index in [0.29, 0.717) is 28.8 Å². The van der Waals surface area contributed by atoms with Crippen LogP contribution in [0.25, 0.3) is 0 Å². The molecule has 0 aliphatic carbocycles. The number of amides is 1. The van der Waals surface area contributed by atoms with Crippen LogP contribution in [0.3, 0.4) is 0 Å². The predicted octanol–water partition coefficient (Wildman–Crippen LogP) is 2.57. The molecule has 0 fully saturated rings. The molecule has 13 heavy (non-hydrogen) atoms. The molecule has 0 heterocycles. The van der Waals surface area contributed by atoms with Crippen LogP contribution in [0.5, 0.6) is 0 Å². The number of carbonyl (C=O) groups excluding carboxylic acids is 1. The van der Waals surface area contributed by atoms with Crippen LogP contribution >= 0.6 is 11.8 Å². The zero-order valence-corrected chi connectivity index (χ0v) is 7.35. The van der Waals surface area contributed by atoms with Crippen molar-refractivity contribution in [3.05, 3.63) is 24.3 Å². The van der Waals surface area contributed by atoms with E-state index in [2.05, 4.69) is 5.32 Å². The van der Waals surface area contributed by atoms with Crippen LogP contribution in [0.15, 0.2) is 29.2 Å². The number of rotatable bonds is 4. The molecule has 0 radical (unpaired) electrons. The highest BCUT2D eigenvalue weighted by molar-refractivity contribution is 7.99. The van der Waals surface area contributed by atoms with E-state index in [0.717, 1.165) is 0 Å². The molecule has 1 amide bonds. The summed E-state index contributed by atoms with van der Waals surface area (Å²) < 4.78 is 23.8. The highest BCUT2D eigenvalue weighted by Gasteiger charge is 2.04. The average Bonchev–Trinajstić information content (AvgIpc) is 2.04. The number of hydrogen-bond acceptors (Lipinski definition) is 2. The van der Waals surface area contributed by atoms with Crippen molar-refractivity contribution >= 4 is 23.9 Å². The van der Waals surface area contributed by atoms with E-state index < -0.39 is 5.76 Å². The Morgan fingerprint density at radius 3 is 2.85 bits per heavy atom. The molecule has 1 rings (SSSR count). The van der Waals surface area contributed by atoms with E-state index in [4.69, 9.17) is 0 Å². The molecular formula is C8H7F2NOS. The zero-order valence-electron chi connectivity index (χ0n) is 6.54. The monoisotopic (exact) mass is 203 g/mol. The highest BCUT2D eigenvalue weighted by atomic mass is 32.2. The fourth-order valence-electron chi connectivity index (χ4n) is 0.830. The summed E-state index contributed by atoms with van der Waals surface area (Å²) in [5.41, 5.74) is 0.514. The van der Waals surface area contributed by atoms with Gasteiger partial charge in [-0.05, 0) is 18.2 Å². The first-order valence-corrected chi connectivity index (χ1v) is 4.35. The molecule has 0 unspecified atom stereocenters. The first-order chi connectivity index (χ1) is 6.22.